The zero-order chi connectivity index (χ0) is 12.4. The summed E-state index contributed by atoms with van der Waals surface area (Å²) in [6.07, 6.45) is 7.36. The van der Waals surface area contributed by atoms with Crippen molar-refractivity contribution in [1.82, 2.24) is 29.9 Å². The van der Waals surface area contributed by atoms with Crippen LogP contribution < -0.4 is 5.32 Å². The van der Waals surface area contributed by atoms with E-state index in [1.54, 1.807) is 6.33 Å². The molecule has 0 aliphatic rings. The van der Waals surface area contributed by atoms with Crippen molar-refractivity contribution in [3.63, 3.8) is 0 Å². The van der Waals surface area contributed by atoms with Crippen LogP contribution in [0.3, 0.4) is 0 Å². The normalized spacial score (nSPS) is 11.2. The summed E-state index contributed by atoms with van der Waals surface area (Å²) in [6, 6.07) is 1.96. The lowest BCUT2D eigenvalue weighted by Gasteiger charge is -2.03. The van der Waals surface area contributed by atoms with Crippen molar-refractivity contribution in [2.24, 2.45) is 0 Å². The van der Waals surface area contributed by atoms with Gasteiger partial charge in [-0.3, -0.25) is 0 Å². The quantitative estimate of drug-likeness (QED) is 0.717. The van der Waals surface area contributed by atoms with Gasteiger partial charge in [-0.2, -0.15) is 5.10 Å². The Morgan fingerprint density at radius 1 is 1.33 bits per heavy atom. The summed E-state index contributed by atoms with van der Waals surface area (Å²) in [4.78, 5) is 11.4. The number of aromatic nitrogens is 5. The van der Waals surface area contributed by atoms with Crippen LogP contribution in [0.4, 0.5) is 0 Å². The predicted octanol–water partition coefficient (Wildman–Crippen LogP) is 1.05. The van der Waals surface area contributed by atoms with Crippen molar-refractivity contribution in [2.75, 3.05) is 0 Å². The maximum Gasteiger partial charge on any atom is 0.155 e. The highest BCUT2D eigenvalue weighted by molar-refractivity contribution is 5.38. The molecule has 0 aliphatic carbocycles. The first-order valence-electron chi connectivity index (χ1n) is 5.80. The van der Waals surface area contributed by atoms with Crippen LogP contribution in [0, 0.1) is 6.92 Å². The molecule has 3 heterocycles. The van der Waals surface area contributed by atoms with Gasteiger partial charge in [0.2, 0.25) is 0 Å². The average Bonchev–Trinajstić information content (AvgIpc) is 2.96. The third-order valence-corrected chi connectivity index (χ3v) is 2.69. The van der Waals surface area contributed by atoms with Crippen LogP contribution in [0.5, 0.6) is 0 Å². The molecule has 0 atom stereocenters. The molecule has 0 radical (unpaired) electrons. The summed E-state index contributed by atoms with van der Waals surface area (Å²) in [5.74, 6) is 0. The van der Waals surface area contributed by atoms with E-state index >= 15 is 0 Å². The first-order chi connectivity index (χ1) is 8.81. The second-order valence-electron chi connectivity index (χ2n) is 4.23. The number of imidazole rings is 1. The molecule has 0 aliphatic heterocycles. The number of rotatable bonds is 4. The van der Waals surface area contributed by atoms with Crippen LogP contribution in [0.25, 0.3) is 5.65 Å². The van der Waals surface area contributed by atoms with Crippen molar-refractivity contribution in [1.29, 1.82) is 0 Å². The Kier molecular flexibility index (Phi) is 2.77. The summed E-state index contributed by atoms with van der Waals surface area (Å²) in [5.41, 5.74) is 4.03. The minimum Gasteiger partial charge on any atom is -0.347 e. The van der Waals surface area contributed by atoms with E-state index in [2.05, 4.69) is 25.4 Å². The lowest BCUT2D eigenvalue weighted by atomic mass is 10.3. The highest BCUT2D eigenvalue weighted by Crippen LogP contribution is 2.04. The second kappa shape index (κ2) is 4.58. The van der Waals surface area contributed by atoms with Gasteiger partial charge in [0.25, 0.3) is 0 Å². The number of hydrogen-bond acceptors (Lipinski definition) is 4. The molecule has 0 saturated heterocycles. The zero-order valence-corrected chi connectivity index (χ0v) is 10.1. The van der Waals surface area contributed by atoms with Gasteiger partial charge in [-0.05, 0) is 6.92 Å². The van der Waals surface area contributed by atoms with Crippen molar-refractivity contribution in [3.05, 3.63) is 47.9 Å². The Labute approximate surface area is 104 Å². The summed E-state index contributed by atoms with van der Waals surface area (Å²) < 4.78 is 1.81. The topological polar surface area (TPSA) is 70.9 Å². The molecule has 6 heteroatoms. The number of H-pyrrole nitrogens is 1. The Morgan fingerprint density at radius 2 is 2.28 bits per heavy atom. The van der Waals surface area contributed by atoms with E-state index in [9.17, 15) is 0 Å². The number of nitrogens with one attached hydrogen (secondary N) is 2. The average molecular weight is 242 g/mol. The van der Waals surface area contributed by atoms with E-state index < -0.39 is 0 Å². The molecular weight excluding hydrogens is 228 g/mol. The van der Waals surface area contributed by atoms with Gasteiger partial charge in [0.15, 0.2) is 5.65 Å². The smallest absolute Gasteiger partial charge is 0.155 e. The summed E-state index contributed by atoms with van der Waals surface area (Å²) in [7, 11) is 0. The maximum atomic E-state index is 4.36. The number of fused-ring (bicyclic) bond motifs is 1. The molecule has 0 fully saturated rings. The van der Waals surface area contributed by atoms with E-state index in [0.29, 0.717) is 0 Å². The monoisotopic (exact) mass is 242 g/mol. The Balaban J connectivity index is 1.67. The minimum absolute atomic E-state index is 0.751. The van der Waals surface area contributed by atoms with Gasteiger partial charge in [0.1, 0.15) is 0 Å². The fourth-order valence-electron chi connectivity index (χ4n) is 1.85. The summed E-state index contributed by atoms with van der Waals surface area (Å²) in [6.45, 7) is 3.47. The molecule has 3 aromatic rings. The summed E-state index contributed by atoms with van der Waals surface area (Å²) in [5, 5.41) is 7.67. The van der Waals surface area contributed by atoms with E-state index in [1.165, 1.54) is 0 Å². The highest BCUT2D eigenvalue weighted by atomic mass is 15.2. The fourth-order valence-corrected chi connectivity index (χ4v) is 1.85. The van der Waals surface area contributed by atoms with E-state index in [4.69, 9.17) is 0 Å². The second-order valence-corrected chi connectivity index (χ2v) is 4.23. The van der Waals surface area contributed by atoms with Gasteiger partial charge in [0, 0.05) is 49.0 Å². The molecule has 2 N–H and O–H groups in total. The molecular formula is C12H14N6. The van der Waals surface area contributed by atoms with Gasteiger partial charge < -0.3 is 10.3 Å². The molecule has 0 aromatic carbocycles. The number of nitrogens with zero attached hydrogens (tertiary/aromatic N) is 4. The molecule has 3 aromatic heterocycles. The largest absolute Gasteiger partial charge is 0.347 e. The lowest BCUT2D eigenvalue weighted by molar-refractivity contribution is 0.675. The van der Waals surface area contributed by atoms with Gasteiger partial charge in [-0.25, -0.2) is 14.5 Å². The minimum atomic E-state index is 0.751. The fraction of sp³-hybridized carbons (Fsp3) is 0.250. The van der Waals surface area contributed by atoms with Crippen molar-refractivity contribution in [3.8, 4) is 0 Å². The lowest BCUT2D eigenvalue weighted by Crippen LogP contribution is -2.13. The van der Waals surface area contributed by atoms with E-state index in [0.717, 1.165) is 35.7 Å². The highest BCUT2D eigenvalue weighted by Gasteiger charge is 2.01. The summed E-state index contributed by atoms with van der Waals surface area (Å²) >= 11 is 0. The van der Waals surface area contributed by atoms with Gasteiger partial charge in [0.05, 0.1) is 12.0 Å². The zero-order valence-electron chi connectivity index (χ0n) is 10.1. The molecule has 92 valence electrons. The SMILES string of the molecule is Cc1cc2ncc(CNCc3cnc[nH]3)cn2n1. The van der Waals surface area contributed by atoms with E-state index in [1.807, 2.05) is 36.1 Å². The number of aryl methyl sites for hydroxylation is 1. The third-order valence-electron chi connectivity index (χ3n) is 2.69. The number of aromatic amines is 1. The first-order valence-corrected chi connectivity index (χ1v) is 5.80. The van der Waals surface area contributed by atoms with Crippen LogP contribution in [-0.4, -0.2) is 24.6 Å². The Bertz CT molecular complexity index is 640. The van der Waals surface area contributed by atoms with Crippen LogP contribution in [-0.2, 0) is 13.1 Å². The third kappa shape index (κ3) is 2.23. The molecule has 0 bridgehead atoms. The molecule has 6 nitrogen and oxygen atoms in total. The van der Waals surface area contributed by atoms with Crippen LogP contribution in [0.15, 0.2) is 31.0 Å². The standard InChI is InChI=1S/C12H14N6/c1-9-2-12-15-4-10(7-18(12)17-9)3-13-5-11-6-14-8-16-11/h2,4,6-8,13H,3,5H2,1H3,(H,14,16). The first kappa shape index (κ1) is 10.9. The van der Waals surface area contributed by atoms with E-state index in [-0.39, 0.29) is 0 Å². The van der Waals surface area contributed by atoms with Gasteiger partial charge >= 0.3 is 0 Å². The molecule has 0 spiro atoms. The molecule has 3 rings (SSSR count). The molecule has 18 heavy (non-hydrogen) atoms. The Morgan fingerprint density at radius 3 is 3.11 bits per heavy atom. The van der Waals surface area contributed by atoms with Crippen molar-refractivity contribution in [2.45, 2.75) is 20.0 Å². The molecule has 0 unspecified atom stereocenters. The van der Waals surface area contributed by atoms with Crippen LogP contribution >= 0.6 is 0 Å². The van der Waals surface area contributed by atoms with Crippen molar-refractivity contribution >= 4 is 5.65 Å². The van der Waals surface area contributed by atoms with Gasteiger partial charge in [-0.1, -0.05) is 0 Å². The van der Waals surface area contributed by atoms with Crippen molar-refractivity contribution < 1.29 is 0 Å². The number of hydrogen-bond donors (Lipinski definition) is 2. The van der Waals surface area contributed by atoms with Gasteiger partial charge in [-0.15, -0.1) is 0 Å². The molecule has 0 saturated carbocycles. The van der Waals surface area contributed by atoms with Crippen LogP contribution in [0.1, 0.15) is 17.0 Å². The Hall–Kier alpha value is -2.21. The maximum absolute atomic E-state index is 4.36. The van der Waals surface area contributed by atoms with Crippen LogP contribution in [0.2, 0.25) is 0 Å². The predicted molar refractivity (Wildman–Crippen MR) is 66.9 cm³/mol. The molecule has 0 amide bonds.